The molecule has 2 aromatic carbocycles. The monoisotopic (exact) mass is 321 g/mol. The van der Waals surface area contributed by atoms with Crippen molar-refractivity contribution in [1.29, 1.82) is 0 Å². The van der Waals surface area contributed by atoms with Gasteiger partial charge < -0.3 is 9.64 Å². The van der Waals surface area contributed by atoms with Crippen molar-refractivity contribution < 1.29 is 9.53 Å². The van der Waals surface area contributed by atoms with E-state index in [1.165, 1.54) is 5.56 Å². The predicted octanol–water partition coefficient (Wildman–Crippen LogP) is 4.00. The van der Waals surface area contributed by atoms with Gasteiger partial charge in [-0.2, -0.15) is 0 Å². The average molecular weight is 321 g/mol. The summed E-state index contributed by atoms with van der Waals surface area (Å²) in [6, 6.07) is 16.2. The number of carbonyl (C=O) groups is 1. The van der Waals surface area contributed by atoms with E-state index in [2.05, 4.69) is 18.2 Å². The normalized spacial score (nSPS) is 18.8. The molecule has 4 rings (SSSR count). The summed E-state index contributed by atoms with van der Waals surface area (Å²) in [6.45, 7) is 3.57. The van der Waals surface area contributed by atoms with Crippen LogP contribution in [0.15, 0.2) is 48.5 Å². The van der Waals surface area contributed by atoms with E-state index in [-0.39, 0.29) is 11.5 Å². The number of aryl methyl sites for hydroxylation is 2. The maximum atomic E-state index is 12.7. The van der Waals surface area contributed by atoms with Gasteiger partial charge in [0, 0.05) is 31.5 Å². The molecule has 124 valence electrons. The molecule has 1 fully saturated rings. The van der Waals surface area contributed by atoms with Gasteiger partial charge in [-0.15, -0.1) is 0 Å². The molecule has 0 N–H and O–H groups in total. The molecule has 0 bridgehead atoms. The van der Waals surface area contributed by atoms with Crippen LogP contribution < -0.4 is 4.74 Å². The van der Waals surface area contributed by atoms with Crippen LogP contribution in [0, 0.1) is 6.92 Å². The molecule has 2 heterocycles. The van der Waals surface area contributed by atoms with Gasteiger partial charge in [0.1, 0.15) is 11.4 Å². The molecule has 2 aliphatic rings. The maximum absolute atomic E-state index is 12.7. The first-order chi connectivity index (χ1) is 11.7. The summed E-state index contributed by atoms with van der Waals surface area (Å²) in [4.78, 5) is 14.7. The molecule has 1 amide bonds. The van der Waals surface area contributed by atoms with E-state index in [4.69, 9.17) is 4.74 Å². The van der Waals surface area contributed by atoms with Gasteiger partial charge in [0.15, 0.2) is 0 Å². The Morgan fingerprint density at radius 3 is 2.62 bits per heavy atom. The van der Waals surface area contributed by atoms with Gasteiger partial charge in [0.05, 0.1) is 0 Å². The number of carbonyl (C=O) groups excluding carboxylic acids is 1. The van der Waals surface area contributed by atoms with E-state index >= 15 is 0 Å². The molecule has 1 saturated heterocycles. The second-order valence-corrected chi connectivity index (χ2v) is 7.05. The number of para-hydroxylation sites is 1. The fourth-order valence-corrected chi connectivity index (χ4v) is 3.89. The van der Waals surface area contributed by atoms with Gasteiger partial charge >= 0.3 is 0 Å². The topological polar surface area (TPSA) is 29.5 Å². The second-order valence-electron chi connectivity index (χ2n) is 7.05. The van der Waals surface area contributed by atoms with Crippen LogP contribution in [0.1, 0.15) is 40.7 Å². The molecule has 1 spiro atoms. The number of hydrogen-bond acceptors (Lipinski definition) is 2. The molecule has 2 aromatic rings. The van der Waals surface area contributed by atoms with Gasteiger partial charge in [0.2, 0.25) is 0 Å². The number of ether oxygens (including phenoxy) is 1. The zero-order valence-corrected chi connectivity index (χ0v) is 14.1. The van der Waals surface area contributed by atoms with Gasteiger partial charge in [0.25, 0.3) is 5.91 Å². The highest BCUT2D eigenvalue weighted by molar-refractivity contribution is 5.94. The molecule has 0 radical (unpaired) electrons. The first-order valence-electron chi connectivity index (χ1n) is 8.78. The average Bonchev–Trinajstić information content (AvgIpc) is 2.62. The largest absolute Gasteiger partial charge is 0.487 e. The minimum Gasteiger partial charge on any atom is -0.487 e. The summed E-state index contributed by atoms with van der Waals surface area (Å²) >= 11 is 0. The zero-order chi connectivity index (χ0) is 16.6. The summed E-state index contributed by atoms with van der Waals surface area (Å²) in [5.74, 6) is 1.17. The standard InChI is InChI=1S/C21H23NO2/c1-16-5-4-7-18(15-16)20(23)22-13-11-21(12-14-22)10-9-17-6-2-3-8-19(17)24-21/h2-8,15H,9-14H2,1H3. The lowest BCUT2D eigenvalue weighted by molar-refractivity contribution is -0.0106. The zero-order valence-electron chi connectivity index (χ0n) is 14.1. The Balaban J connectivity index is 1.45. The van der Waals surface area contributed by atoms with Crippen molar-refractivity contribution in [3.8, 4) is 5.75 Å². The summed E-state index contributed by atoms with van der Waals surface area (Å²) in [5.41, 5.74) is 3.14. The van der Waals surface area contributed by atoms with E-state index in [1.807, 2.05) is 42.2 Å². The smallest absolute Gasteiger partial charge is 0.253 e. The summed E-state index contributed by atoms with van der Waals surface area (Å²) in [7, 11) is 0. The minimum atomic E-state index is -0.0856. The second kappa shape index (κ2) is 5.97. The number of piperidine rings is 1. The summed E-state index contributed by atoms with van der Waals surface area (Å²) in [6.07, 6.45) is 3.95. The molecule has 3 heteroatoms. The Morgan fingerprint density at radius 2 is 1.83 bits per heavy atom. The van der Waals surface area contributed by atoms with Crippen molar-refractivity contribution in [3.05, 3.63) is 65.2 Å². The molecule has 3 nitrogen and oxygen atoms in total. The molecule has 0 unspecified atom stereocenters. The molecular formula is C21H23NO2. The van der Waals surface area contributed by atoms with Gasteiger partial charge in [-0.1, -0.05) is 35.9 Å². The fraction of sp³-hybridized carbons (Fsp3) is 0.381. The number of fused-ring (bicyclic) bond motifs is 1. The molecular weight excluding hydrogens is 298 g/mol. The Kier molecular flexibility index (Phi) is 3.79. The third-order valence-electron chi connectivity index (χ3n) is 5.38. The van der Waals surface area contributed by atoms with Gasteiger partial charge in [-0.25, -0.2) is 0 Å². The van der Waals surface area contributed by atoms with E-state index in [1.54, 1.807) is 0 Å². The first kappa shape index (κ1) is 15.3. The highest BCUT2D eigenvalue weighted by atomic mass is 16.5. The van der Waals surface area contributed by atoms with Crippen LogP contribution in [0.4, 0.5) is 0 Å². The number of likely N-dealkylation sites (tertiary alicyclic amines) is 1. The molecule has 2 aliphatic heterocycles. The van der Waals surface area contributed by atoms with Gasteiger partial charge in [-0.3, -0.25) is 4.79 Å². The molecule has 0 saturated carbocycles. The van der Waals surface area contributed by atoms with Crippen molar-refractivity contribution >= 4 is 5.91 Å². The van der Waals surface area contributed by atoms with Crippen LogP contribution in [0.3, 0.4) is 0 Å². The third kappa shape index (κ3) is 2.79. The van der Waals surface area contributed by atoms with Crippen LogP contribution in [-0.4, -0.2) is 29.5 Å². The third-order valence-corrected chi connectivity index (χ3v) is 5.38. The van der Waals surface area contributed by atoms with Crippen LogP contribution >= 0.6 is 0 Å². The maximum Gasteiger partial charge on any atom is 0.253 e. The quantitative estimate of drug-likeness (QED) is 0.794. The number of hydrogen-bond donors (Lipinski definition) is 0. The summed E-state index contributed by atoms with van der Waals surface area (Å²) < 4.78 is 6.38. The van der Waals surface area contributed by atoms with Crippen LogP contribution in [-0.2, 0) is 6.42 Å². The predicted molar refractivity (Wildman–Crippen MR) is 94.4 cm³/mol. The number of nitrogens with zero attached hydrogens (tertiary/aromatic N) is 1. The van der Waals surface area contributed by atoms with E-state index in [0.29, 0.717) is 0 Å². The van der Waals surface area contributed by atoms with Crippen molar-refractivity contribution in [1.82, 2.24) is 4.90 Å². The Bertz CT molecular complexity index is 760. The number of amides is 1. The van der Waals surface area contributed by atoms with Crippen molar-refractivity contribution in [2.24, 2.45) is 0 Å². The molecule has 0 atom stereocenters. The Morgan fingerprint density at radius 1 is 1.04 bits per heavy atom. The van der Waals surface area contributed by atoms with Crippen LogP contribution in [0.5, 0.6) is 5.75 Å². The fourth-order valence-electron chi connectivity index (χ4n) is 3.89. The van der Waals surface area contributed by atoms with Crippen LogP contribution in [0.2, 0.25) is 0 Å². The van der Waals surface area contributed by atoms with E-state index in [9.17, 15) is 4.79 Å². The molecule has 0 aromatic heterocycles. The van der Waals surface area contributed by atoms with Gasteiger partial charge in [-0.05, 0) is 43.5 Å². The highest BCUT2D eigenvalue weighted by Gasteiger charge is 2.40. The minimum absolute atomic E-state index is 0.0856. The number of benzene rings is 2. The molecule has 24 heavy (non-hydrogen) atoms. The van der Waals surface area contributed by atoms with Crippen molar-refractivity contribution in [2.45, 2.75) is 38.2 Å². The molecule has 0 aliphatic carbocycles. The SMILES string of the molecule is Cc1cccc(C(=O)N2CCC3(CCc4ccccc4O3)CC2)c1. The highest BCUT2D eigenvalue weighted by Crippen LogP contribution is 2.39. The van der Waals surface area contributed by atoms with Crippen molar-refractivity contribution in [3.63, 3.8) is 0 Å². The number of rotatable bonds is 1. The van der Waals surface area contributed by atoms with E-state index < -0.39 is 0 Å². The summed E-state index contributed by atoms with van der Waals surface area (Å²) in [5, 5.41) is 0. The lowest BCUT2D eigenvalue weighted by atomic mass is 9.83. The first-order valence-corrected chi connectivity index (χ1v) is 8.78. The Labute approximate surface area is 143 Å². The Hall–Kier alpha value is -2.29. The lowest BCUT2D eigenvalue weighted by Crippen LogP contribution is -2.51. The van der Waals surface area contributed by atoms with Crippen molar-refractivity contribution in [2.75, 3.05) is 13.1 Å². The van der Waals surface area contributed by atoms with Crippen LogP contribution in [0.25, 0.3) is 0 Å². The lowest BCUT2D eigenvalue weighted by Gasteiger charge is -2.44. The van der Waals surface area contributed by atoms with E-state index in [0.717, 1.165) is 55.6 Å².